The highest BCUT2D eigenvalue weighted by Crippen LogP contribution is 2.34. The molecule has 1 amide bonds. The van der Waals surface area contributed by atoms with Crippen molar-refractivity contribution in [3.63, 3.8) is 0 Å². The van der Waals surface area contributed by atoms with E-state index in [0.717, 1.165) is 40.0 Å². The normalized spacial score (nSPS) is 13.7. The summed E-state index contributed by atoms with van der Waals surface area (Å²) >= 11 is 7.66. The first-order valence-electron chi connectivity index (χ1n) is 9.10. The smallest absolute Gasteiger partial charge is 0.234 e. The number of hydrogen-bond donors (Lipinski definition) is 2. The SMILES string of the molecule is N#CC1(NC(=O)CN)CC1.O=CCc1nc2c(Cl)cc(-c3cccc(F)c3)cc2s1. The molecule has 1 saturated carbocycles. The predicted molar refractivity (Wildman–Crippen MR) is 115 cm³/mol. The van der Waals surface area contributed by atoms with Crippen molar-refractivity contribution in [2.75, 3.05) is 6.54 Å². The molecule has 0 atom stereocenters. The number of benzene rings is 2. The second-order valence-corrected chi connectivity index (χ2v) is 8.26. The molecule has 1 aromatic heterocycles. The Bertz CT molecular complexity index is 1140. The molecule has 3 N–H and O–H groups in total. The van der Waals surface area contributed by atoms with Crippen LogP contribution in [0.15, 0.2) is 36.4 Å². The third-order valence-corrected chi connectivity index (χ3v) is 5.75. The van der Waals surface area contributed by atoms with Gasteiger partial charge < -0.3 is 15.8 Å². The predicted octanol–water partition coefficient (Wildman–Crippen LogP) is 3.61. The van der Waals surface area contributed by atoms with E-state index in [1.54, 1.807) is 12.1 Å². The molecule has 1 aliphatic rings. The molecule has 0 radical (unpaired) electrons. The largest absolute Gasteiger partial charge is 0.337 e. The number of aldehydes is 1. The van der Waals surface area contributed by atoms with Gasteiger partial charge in [0.15, 0.2) is 0 Å². The third kappa shape index (κ3) is 5.19. The van der Waals surface area contributed by atoms with Crippen LogP contribution in [0.5, 0.6) is 0 Å². The molecule has 0 saturated heterocycles. The number of amides is 1. The van der Waals surface area contributed by atoms with Crippen molar-refractivity contribution >= 4 is 45.3 Å². The second kappa shape index (κ2) is 9.30. The van der Waals surface area contributed by atoms with Crippen LogP contribution in [0, 0.1) is 17.1 Å². The molecule has 0 bridgehead atoms. The number of aromatic nitrogens is 1. The van der Waals surface area contributed by atoms with Crippen LogP contribution in [0.4, 0.5) is 4.39 Å². The van der Waals surface area contributed by atoms with E-state index < -0.39 is 5.54 Å². The Kier molecular flexibility index (Phi) is 6.77. The van der Waals surface area contributed by atoms with E-state index in [-0.39, 0.29) is 24.7 Å². The first-order chi connectivity index (χ1) is 14.4. The summed E-state index contributed by atoms with van der Waals surface area (Å²) in [5.74, 6) is -0.538. The van der Waals surface area contributed by atoms with E-state index in [4.69, 9.17) is 22.6 Å². The quantitative estimate of drug-likeness (QED) is 0.584. The summed E-state index contributed by atoms with van der Waals surface area (Å²) in [7, 11) is 0. The first kappa shape index (κ1) is 21.8. The molecule has 4 rings (SSSR count). The van der Waals surface area contributed by atoms with Gasteiger partial charge in [-0.05, 0) is 48.2 Å². The molecule has 1 heterocycles. The van der Waals surface area contributed by atoms with Crippen LogP contribution >= 0.6 is 22.9 Å². The lowest BCUT2D eigenvalue weighted by molar-refractivity contribution is -0.120. The molecule has 154 valence electrons. The molecular weight excluding hydrogens is 427 g/mol. The van der Waals surface area contributed by atoms with Crippen LogP contribution in [-0.2, 0) is 16.0 Å². The fourth-order valence-electron chi connectivity index (χ4n) is 2.74. The van der Waals surface area contributed by atoms with Crippen LogP contribution in [0.25, 0.3) is 21.3 Å². The molecule has 30 heavy (non-hydrogen) atoms. The van der Waals surface area contributed by atoms with Crippen molar-refractivity contribution in [1.29, 1.82) is 5.26 Å². The zero-order valence-electron chi connectivity index (χ0n) is 15.8. The van der Waals surface area contributed by atoms with E-state index in [1.165, 1.54) is 23.5 Å². The van der Waals surface area contributed by atoms with Crippen molar-refractivity contribution in [1.82, 2.24) is 10.3 Å². The van der Waals surface area contributed by atoms with Crippen molar-refractivity contribution in [2.24, 2.45) is 5.73 Å². The van der Waals surface area contributed by atoms with Gasteiger partial charge in [0.2, 0.25) is 5.91 Å². The average Bonchev–Trinajstić information content (AvgIpc) is 3.38. The zero-order chi connectivity index (χ0) is 21.7. The summed E-state index contributed by atoms with van der Waals surface area (Å²) in [5.41, 5.74) is 6.77. The van der Waals surface area contributed by atoms with Crippen molar-refractivity contribution in [2.45, 2.75) is 24.8 Å². The number of carbonyl (C=O) groups is 2. The summed E-state index contributed by atoms with van der Waals surface area (Å²) < 4.78 is 14.2. The number of nitrogens with one attached hydrogen (secondary N) is 1. The molecular formula is C21H18ClFN4O2S. The number of hydrogen-bond acceptors (Lipinski definition) is 6. The summed E-state index contributed by atoms with van der Waals surface area (Å²) in [5, 5.41) is 12.3. The highest BCUT2D eigenvalue weighted by Gasteiger charge is 2.44. The van der Waals surface area contributed by atoms with Gasteiger partial charge in [0.25, 0.3) is 0 Å². The lowest BCUT2D eigenvalue weighted by Crippen LogP contribution is -2.39. The summed E-state index contributed by atoms with van der Waals surface area (Å²) in [6, 6.07) is 12.1. The van der Waals surface area contributed by atoms with E-state index >= 15 is 0 Å². The molecule has 0 unspecified atom stereocenters. The van der Waals surface area contributed by atoms with Crippen LogP contribution < -0.4 is 11.1 Å². The number of nitrogens with zero attached hydrogens (tertiary/aromatic N) is 2. The molecule has 9 heteroatoms. The van der Waals surface area contributed by atoms with E-state index in [9.17, 15) is 14.0 Å². The maximum atomic E-state index is 13.3. The van der Waals surface area contributed by atoms with Crippen LogP contribution in [0.2, 0.25) is 5.02 Å². The Hall–Kier alpha value is -2.86. The number of halogens is 2. The number of fused-ring (bicyclic) bond motifs is 1. The molecule has 0 spiro atoms. The Morgan fingerprint density at radius 3 is 2.73 bits per heavy atom. The number of nitrogens with two attached hydrogens (primary N) is 1. The second-order valence-electron chi connectivity index (χ2n) is 6.74. The lowest BCUT2D eigenvalue weighted by Gasteiger charge is -2.05. The molecule has 1 aliphatic carbocycles. The molecule has 2 aromatic carbocycles. The van der Waals surface area contributed by atoms with Crippen molar-refractivity contribution in [3.05, 3.63) is 52.2 Å². The van der Waals surface area contributed by atoms with Gasteiger partial charge in [-0.2, -0.15) is 5.26 Å². The Morgan fingerprint density at radius 1 is 1.37 bits per heavy atom. The average molecular weight is 445 g/mol. The molecule has 0 aliphatic heterocycles. The lowest BCUT2D eigenvalue weighted by atomic mass is 10.1. The van der Waals surface area contributed by atoms with E-state index in [1.807, 2.05) is 18.2 Å². The number of nitriles is 1. The van der Waals surface area contributed by atoms with Gasteiger partial charge in [0.1, 0.15) is 28.2 Å². The Morgan fingerprint density at radius 2 is 2.13 bits per heavy atom. The van der Waals surface area contributed by atoms with E-state index in [0.29, 0.717) is 10.5 Å². The third-order valence-electron chi connectivity index (χ3n) is 4.44. The Balaban J connectivity index is 0.000000216. The van der Waals surface area contributed by atoms with Gasteiger partial charge in [-0.25, -0.2) is 9.37 Å². The number of rotatable bonds is 5. The highest BCUT2D eigenvalue weighted by molar-refractivity contribution is 7.18. The topological polar surface area (TPSA) is 109 Å². The summed E-state index contributed by atoms with van der Waals surface area (Å²) in [6.07, 6.45) is 2.62. The Labute approximate surface area is 181 Å². The summed E-state index contributed by atoms with van der Waals surface area (Å²) in [6.45, 7) is -0.0383. The monoisotopic (exact) mass is 444 g/mol. The number of thiazole rings is 1. The molecule has 3 aromatic rings. The van der Waals surface area contributed by atoms with Gasteiger partial charge in [-0.15, -0.1) is 11.3 Å². The van der Waals surface area contributed by atoms with Crippen LogP contribution in [0.1, 0.15) is 17.8 Å². The molecule has 1 fully saturated rings. The zero-order valence-corrected chi connectivity index (χ0v) is 17.4. The maximum Gasteiger partial charge on any atom is 0.234 e. The highest BCUT2D eigenvalue weighted by atomic mass is 35.5. The van der Waals surface area contributed by atoms with Gasteiger partial charge in [-0.1, -0.05) is 23.7 Å². The number of carbonyl (C=O) groups excluding carboxylic acids is 2. The summed E-state index contributed by atoms with van der Waals surface area (Å²) in [4.78, 5) is 25.5. The minimum atomic E-state index is -0.559. The standard InChI is InChI=1S/C15H9ClFNOS.C6H9N3O/c16-12-7-10(9-2-1-3-11(17)6-9)8-13-15(12)18-14(20-13)4-5-19;7-3-5(10)9-6(4-8)1-2-6/h1-3,5-8H,4H2;1-3,7H2,(H,9,10). The van der Waals surface area contributed by atoms with Gasteiger partial charge in [0, 0.05) is 0 Å². The van der Waals surface area contributed by atoms with Gasteiger partial charge >= 0.3 is 0 Å². The fourth-order valence-corrected chi connectivity index (χ4v) is 4.03. The van der Waals surface area contributed by atoms with Crippen molar-refractivity contribution < 1.29 is 14.0 Å². The minimum Gasteiger partial charge on any atom is -0.337 e. The van der Waals surface area contributed by atoms with Gasteiger partial charge in [0.05, 0.1) is 28.8 Å². The van der Waals surface area contributed by atoms with Crippen LogP contribution in [0.3, 0.4) is 0 Å². The van der Waals surface area contributed by atoms with Crippen LogP contribution in [-0.4, -0.2) is 29.3 Å². The van der Waals surface area contributed by atoms with E-state index in [2.05, 4.69) is 10.3 Å². The first-order valence-corrected chi connectivity index (χ1v) is 10.3. The minimum absolute atomic E-state index is 0.0383. The fraction of sp³-hybridized carbons (Fsp3) is 0.238. The maximum absolute atomic E-state index is 13.3. The van der Waals surface area contributed by atoms with Crippen molar-refractivity contribution in [3.8, 4) is 17.2 Å². The molecule has 6 nitrogen and oxygen atoms in total. The van der Waals surface area contributed by atoms with Gasteiger partial charge in [-0.3, -0.25) is 4.79 Å².